The molecule has 1 saturated heterocycles. The van der Waals surface area contributed by atoms with Gasteiger partial charge >= 0.3 is 5.82 Å². The number of nitrogens with one attached hydrogen (secondary N) is 1. The standard InChI is InChI=1S/C12H16N4O4/c1-3-8-11(17)13-6-7-15(8)12(18)9-4-5-10(14(9)2)16(19)20/h4-5,8H,3,6-7H2,1-2H3,(H,13,17). The highest BCUT2D eigenvalue weighted by molar-refractivity contribution is 5.97. The van der Waals surface area contributed by atoms with Gasteiger partial charge in [-0.25, -0.2) is 4.57 Å². The van der Waals surface area contributed by atoms with E-state index in [0.717, 1.165) is 0 Å². The monoisotopic (exact) mass is 280 g/mol. The summed E-state index contributed by atoms with van der Waals surface area (Å²) < 4.78 is 1.24. The molecular weight excluding hydrogens is 264 g/mol. The van der Waals surface area contributed by atoms with E-state index in [9.17, 15) is 19.7 Å². The Balaban J connectivity index is 2.31. The van der Waals surface area contributed by atoms with Gasteiger partial charge in [0.2, 0.25) is 5.91 Å². The summed E-state index contributed by atoms with van der Waals surface area (Å²) in [5.41, 5.74) is 0.213. The fraction of sp³-hybridized carbons (Fsp3) is 0.500. The van der Waals surface area contributed by atoms with Gasteiger partial charge in [-0.3, -0.25) is 9.59 Å². The van der Waals surface area contributed by atoms with Gasteiger partial charge in [0, 0.05) is 19.2 Å². The number of hydrogen-bond acceptors (Lipinski definition) is 4. The quantitative estimate of drug-likeness (QED) is 0.635. The van der Waals surface area contributed by atoms with Gasteiger partial charge < -0.3 is 20.3 Å². The number of hydrogen-bond donors (Lipinski definition) is 1. The van der Waals surface area contributed by atoms with Crippen LogP contribution in [0.3, 0.4) is 0 Å². The van der Waals surface area contributed by atoms with E-state index in [1.807, 2.05) is 6.92 Å². The van der Waals surface area contributed by atoms with Crippen molar-refractivity contribution in [2.45, 2.75) is 19.4 Å². The zero-order valence-electron chi connectivity index (χ0n) is 11.3. The molecule has 0 spiro atoms. The lowest BCUT2D eigenvalue weighted by atomic mass is 10.1. The highest BCUT2D eigenvalue weighted by Crippen LogP contribution is 2.19. The van der Waals surface area contributed by atoms with E-state index in [1.54, 1.807) is 0 Å². The lowest BCUT2D eigenvalue weighted by Gasteiger charge is -2.33. The number of nitrogens with zero attached hydrogens (tertiary/aromatic N) is 3. The minimum absolute atomic E-state index is 0.150. The van der Waals surface area contributed by atoms with Crippen LogP contribution in [0.25, 0.3) is 0 Å². The maximum Gasteiger partial charge on any atom is 0.323 e. The third-order valence-electron chi connectivity index (χ3n) is 3.48. The van der Waals surface area contributed by atoms with Gasteiger partial charge in [-0.05, 0) is 17.4 Å². The Kier molecular flexibility index (Phi) is 3.73. The van der Waals surface area contributed by atoms with Crippen LogP contribution in [0.1, 0.15) is 23.8 Å². The van der Waals surface area contributed by atoms with Crippen LogP contribution < -0.4 is 5.32 Å². The van der Waals surface area contributed by atoms with Crippen molar-refractivity contribution >= 4 is 17.6 Å². The third-order valence-corrected chi connectivity index (χ3v) is 3.48. The second-order valence-electron chi connectivity index (χ2n) is 4.61. The molecule has 0 aliphatic carbocycles. The predicted molar refractivity (Wildman–Crippen MR) is 70.2 cm³/mol. The first-order chi connectivity index (χ1) is 9.47. The molecule has 1 N–H and O–H groups in total. The van der Waals surface area contributed by atoms with E-state index in [1.165, 1.54) is 28.6 Å². The maximum atomic E-state index is 12.5. The van der Waals surface area contributed by atoms with Gasteiger partial charge in [-0.2, -0.15) is 0 Å². The molecule has 1 fully saturated rings. The van der Waals surface area contributed by atoms with Crippen LogP contribution >= 0.6 is 0 Å². The van der Waals surface area contributed by atoms with Crippen molar-refractivity contribution in [3.8, 4) is 0 Å². The minimum Gasteiger partial charge on any atom is -0.358 e. The number of aromatic nitrogens is 1. The summed E-state index contributed by atoms with van der Waals surface area (Å²) in [6, 6.07) is 2.18. The summed E-state index contributed by atoms with van der Waals surface area (Å²) in [6.07, 6.45) is 0.504. The van der Waals surface area contributed by atoms with Crippen molar-refractivity contribution in [3.63, 3.8) is 0 Å². The Morgan fingerprint density at radius 2 is 2.25 bits per heavy atom. The summed E-state index contributed by atoms with van der Waals surface area (Å²) >= 11 is 0. The van der Waals surface area contributed by atoms with E-state index in [4.69, 9.17) is 0 Å². The second-order valence-corrected chi connectivity index (χ2v) is 4.61. The Bertz CT molecular complexity index is 566. The van der Waals surface area contributed by atoms with E-state index in [0.29, 0.717) is 19.5 Å². The zero-order valence-corrected chi connectivity index (χ0v) is 11.3. The first-order valence-electron chi connectivity index (χ1n) is 6.36. The van der Waals surface area contributed by atoms with Crippen LogP contribution in [0.2, 0.25) is 0 Å². The molecule has 1 aromatic rings. The van der Waals surface area contributed by atoms with Crippen LogP contribution in [0.5, 0.6) is 0 Å². The first-order valence-corrected chi connectivity index (χ1v) is 6.36. The molecule has 20 heavy (non-hydrogen) atoms. The number of rotatable bonds is 3. The van der Waals surface area contributed by atoms with Crippen molar-refractivity contribution in [2.24, 2.45) is 7.05 Å². The van der Waals surface area contributed by atoms with E-state index >= 15 is 0 Å². The number of carbonyl (C=O) groups is 2. The largest absolute Gasteiger partial charge is 0.358 e. The highest BCUT2D eigenvalue weighted by atomic mass is 16.6. The highest BCUT2D eigenvalue weighted by Gasteiger charge is 2.35. The Labute approximate surface area is 115 Å². The molecule has 2 amide bonds. The summed E-state index contributed by atoms with van der Waals surface area (Å²) in [5.74, 6) is -0.694. The molecule has 2 heterocycles. The first kappa shape index (κ1) is 14.0. The van der Waals surface area contributed by atoms with E-state index in [2.05, 4.69) is 5.32 Å². The number of amides is 2. The Morgan fingerprint density at radius 1 is 1.55 bits per heavy atom. The van der Waals surface area contributed by atoms with Crippen molar-refractivity contribution < 1.29 is 14.5 Å². The van der Waals surface area contributed by atoms with E-state index < -0.39 is 11.0 Å². The smallest absolute Gasteiger partial charge is 0.323 e. The molecule has 1 aliphatic rings. The molecule has 1 unspecified atom stereocenters. The molecular formula is C12H16N4O4. The third kappa shape index (κ3) is 2.24. The molecule has 0 bridgehead atoms. The summed E-state index contributed by atoms with van der Waals surface area (Å²) in [5, 5.41) is 13.5. The molecule has 0 aromatic carbocycles. The average molecular weight is 280 g/mol. The predicted octanol–water partition coefficient (Wildman–Crippen LogP) is 0.284. The molecule has 1 aromatic heterocycles. The molecule has 8 nitrogen and oxygen atoms in total. The molecule has 8 heteroatoms. The zero-order chi connectivity index (χ0) is 14.9. The molecule has 108 valence electrons. The van der Waals surface area contributed by atoms with Crippen molar-refractivity contribution in [2.75, 3.05) is 13.1 Å². The number of piperazine rings is 1. The second kappa shape index (κ2) is 5.32. The van der Waals surface area contributed by atoms with Crippen LogP contribution in [-0.4, -0.2) is 45.3 Å². The summed E-state index contributed by atoms with van der Waals surface area (Å²) in [4.78, 5) is 36.0. The van der Waals surface area contributed by atoms with Crippen LogP contribution in [0.15, 0.2) is 12.1 Å². The van der Waals surface area contributed by atoms with Crippen molar-refractivity contribution in [3.05, 3.63) is 27.9 Å². The molecule has 1 aliphatic heterocycles. The van der Waals surface area contributed by atoms with Crippen LogP contribution in [0, 0.1) is 10.1 Å². The summed E-state index contributed by atoms with van der Waals surface area (Å²) in [6.45, 7) is 2.62. The maximum absolute atomic E-state index is 12.5. The fourth-order valence-electron chi connectivity index (χ4n) is 2.41. The lowest BCUT2D eigenvalue weighted by Crippen LogP contribution is -2.57. The summed E-state index contributed by atoms with van der Waals surface area (Å²) in [7, 11) is 1.47. The SMILES string of the molecule is CCC1C(=O)NCCN1C(=O)c1ccc([N+](=O)[O-])n1C. The molecule has 0 saturated carbocycles. The normalized spacial score (nSPS) is 18.8. The number of carbonyl (C=O) groups excluding carboxylic acids is 2. The van der Waals surface area contributed by atoms with Gasteiger partial charge in [0.25, 0.3) is 5.91 Å². The Hall–Kier alpha value is -2.38. The van der Waals surface area contributed by atoms with Gasteiger partial charge in [-0.15, -0.1) is 0 Å². The molecule has 1 atom stereocenters. The van der Waals surface area contributed by atoms with Crippen molar-refractivity contribution in [1.82, 2.24) is 14.8 Å². The average Bonchev–Trinajstić information content (AvgIpc) is 2.79. The Morgan fingerprint density at radius 3 is 2.80 bits per heavy atom. The van der Waals surface area contributed by atoms with Crippen LogP contribution in [0.4, 0.5) is 5.82 Å². The fourth-order valence-corrected chi connectivity index (χ4v) is 2.41. The van der Waals surface area contributed by atoms with Crippen molar-refractivity contribution in [1.29, 1.82) is 0 Å². The molecule has 0 radical (unpaired) electrons. The lowest BCUT2D eigenvalue weighted by molar-refractivity contribution is -0.391. The van der Waals surface area contributed by atoms with Gasteiger partial charge in [0.05, 0.1) is 7.05 Å². The van der Waals surface area contributed by atoms with Gasteiger partial charge in [0.1, 0.15) is 6.04 Å². The van der Waals surface area contributed by atoms with Gasteiger partial charge in [-0.1, -0.05) is 6.92 Å². The van der Waals surface area contributed by atoms with Gasteiger partial charge in [0.15, 0.2) is 5.69 Å². The minimum atomic E-state index is -0.545. The topological polar surface area (TPSA) is 97.5 Å². The van der Waals surface area contributed by atoms with Crippen LogP contribution in [-0.2, 0) is 11.8 Å². The van der Waals surface area contributed by atoms with E-state index in [-0.39, 0.29) is 23.3 Å². The molecule has 2 rings (SSSR count). The number of nitro groups is 1.